The summed E-state index contributed by atoms with van der Waals surface area (Å²) in [6.07, 6.45) is 0.962. The first kappa shape index (κ1) is 17.9. The first-order valence-corrected chi connectivity index (χ1v) is 10.0. The van der Waals surface area contributed by atoms with Crippen LogP contribution in [0.4, 0.5) is 0 Å². The fraction of sp³-hybridized carbons (Fsp3) is 0.316. The smallest absolute Gasteiger partial charge is 0.174 e. The Balaban J connectivity index is 1.67. The van der Waals surface area contributed by atoms with Gasteiger partial charge in [-0.1, -0.05) is 53.4 Å². The minimum Gasteiger partial charge on any atom is -0.348 e. The van der Waals surface area contributed by atoms with E-state index in [1.165, 1.54) is 28.7 Å². The standard InChI is InChI=1S/C19H21N3OS2/c1-13-11-17(18(23)12-24-19-21-20-15(3)25-19)14(2)22(13)10-9-16-7-5-4-6-8-16/h4-8,11H,9-10,12H2,1-3H3. The summed E-state index contributed by atoms with van der Waals surface area (Å²) in [6.45, 7) is 6.91. The maximum atomic E-state index is 12.6. The van der Waals surface area contributed by atoms with E-state index in [2.05, 4.69) is 46.0 Å². The highest BCUT2D eigenvalue weighted by atomic mass is 32.2. The van der Waals surface area contributed by atoms with Gasteiger partial charge in [0.25, 0.3) is 0 Å². The van der Waals surface area contributed by atoms with Crippen LogP contribution in [0.15, 0.2) is 40.7 Å². The van der Waals surface area contributed by atoms with Gasteiger partial charge >= 0.3 is 0 Å². The molecule has 0 unspecified atom stereocenters. The SMILES string of the molecule is Cc1nnc(SCC(=O)c2cc(C)n(CCc3ccccc3)c2C)s1. The molecule has 0 fully saturated rings. The van der Waals surface area contributed by atoms with Crippen molar-refractivity contribution in [3.63, 3.8) is 0 Å². The number of nitrogens with zero attached hydrogens (tertiary/aromatic N) is 3. The number of benzene rings is 1. The number of thioether (sulfide) groups is 1. The predicted molar refractivity (Wildman–Crippen MR) is 104 cm³/mol. The summed E-state index contributed by atoms with van der Waals surface area (Å²) in [4.78, 5) is 12.6. The van der Waals surface area contributed by atoms with E-state index in [-0.39, 0.29) is 5.78 Å². The highest BCUT2D eigenvalue weighted by Gasteiger charge is 2.16. The van der Waals surface area contributed by atoms with Crippen molar-refractivity contribution in [2.75, 3.05) is 5.75 Å². The first-order chi connectivity index (χ1) is 12.0. The lowest BCUT2D eigenvalue weighted by molar-refractivity contribution is 0.102. The van der Waals surface area contributed by atoms with E-state index in [1.54, 1.807) is 0 Å². The molecule has 2 aromatic heterocycles. The molecule has 0 aliphatic rings. The zero-order valence-electron chi connectivity index (χ0n) is 14.7. The third kappa shape index (κ3) is 4.38. The van der Waals surface area contributed by atoms with E-state index in [0.29, 0.717) is 5.75 Å². The number of carbonyl (C=O) groups excluding carboxylic acids is 1. The molecule has 0 spiro atoms. The van der Waals surface area contributed by atoms with Crippen LogP contribution in [0.3, 0.4) is 0 Å². The number of hydrogen-bond donors (Lipinski definition) is 0. The molecule has 1 aromatic carbocycles. The van der Waals surface area contributed by atoms with E-state index >= 15 is 0 Å². The molecule has 130 valence electrons. The number of ketones is 1. The average Bonchev–Trinajstić information content (AvgIpc) is 3.15. The summed E-state index contributed by atoms with van der Waals surface area (Å²) in [5.74, 6) is 0.550. The van der Waals surface area contributed by atoms with Crippen molar-refractivity contribution in [1.29, 1.82) is 0 Å². The van der Waals surface area contributed by atoms with E-state index in [1.807, 2.05) is 26.0 Å². The minimum absolute atomic E-state index is 0.150. The average molecular weight is 372 g/mol. The fourth-order valence-electron chi connectivity index (χ4n) is 2.85. The van der Waals surface area contributed by atoms with Gasteiger partial charge in [-0.05, 0) is 38.8 Å². The van der Waals surface area contributed by atoms with Crippen molar-refractivity contribution >= 4 is 28.9 Å². The second-order valence-electron chi connectivity index (χ2n) is 5.97. The molecule has 0 saturated carbocycles. The van der Waals surface area contributed by atoms with Gasteiger partial charge in [0.05, 0.1) is 5.75 Å². The number of aromatic nitrogens is 3. The van der Waals surface area contributed by atoms with E-state index in [0.717, 1.165) is 39.3 Å². The van der Waals surface area contributed by atoms with Gasteiger partial charge in [-0.25, -0.2) is 0 Å². The molecular formula is C19H21N3OS2. The number of carbonyl (C=O) groups is 1. The number of rotatable bonds is 7. The zero-order chi connectivity index (χ0) is 17.8. The molecule has 0 saturated heterocycles. The van der Waals surface area contributed by atoms with Crippen LogP contribution in [0.25, 0.3) is 0 Å². The molecule has 25 heavy (non-hydrogen) atoms. The number of Topliss-reactive ketones (excluding diaryl/α,β-unsaturated/α-hetero) is 1. The molecule has 3 aromatic rings. The Hall–Kier alpha value is -1.92. The van der Waals surface area contributed by atoms with Crippen molar-refractivity contribution in [1.82, 2.24) is 14.8 Å². The monoisotopic (exact) mass is 371 g/mol. The van der Waals surface area contributed by atoms with Crippen LogP contribution in [-0.4, -0.2) is 26.3 Å². The summed E-state index contributed by atoms with van der Waals surface area (Å²) in [7, 11) is 0. The number of aryl methyl sites for hydroxylation is 3. The van der Waals surface area contributed by atoms with Crippen LogP contribution in [-0.2, 0) is 13.0 Å². The maximum absolute atomic E-state index is 12.6. The van der Waals surface area contributed by atoms with Crippen molar-refractivity contribution in [2.45, 2.75) is 38.1 Å². The van der Waals surface area contributed by atoms with Gasteiger partial charge in [0, 0.05) is 23.5 Å². The Kier molecular flexibility index (Phi) is 5.71. The highest BCUT2D eigenvalue weighted by molar-refractivity contribution is 8.01. The highest BCUT2D eigenvalue weighted by Crippen LogP contribution is 2.24. The second-order valence-corrected chi connectivity index (χ2v) is 8.37. The quantitative estimate of drug-likeness (QED) is 0.454. The van der Waals surface area contributed by atoms with Crippen molar-refractivity contribution in [2.24, 2.45) is 0 Å². The maximum Gasteiger partial charge on any atom is 0.174 e. The Morgan fingerprint density at radius 1 is 1.16 bits per heavy atom. The number of hydrogen-bond acceptors (Lipinski definition) is 5. The van der Waals surface area contributed by atoms with Gasteiger partial charge < -0.3 is 4.57 Å². The molecule has 4 nitrogen and oxygen atoms in total. The van der Waals surface area contributed by atoms with Crippen LogP contribution in [0.5, 0.6) is 0 Å². The Morgan fingerprint density at radius 2 is 1.92 bits per heavy atom. The lowest BCUT2D eigenvalue weighted by atomic mass is 10.1. The summed E-state index contributed by atoms with van der Waals surface area (Å²) >= 11 is 2.99. The zero-order valence-corrected chi connectivity index (χ0v) is 16.3. The third-order valence-electron chi connectivity index (χ3n) is 4.18. The molecule has 0 amide bonds. The summed E-state index contributed by atoms with van der Waals surface area (Å²) in [6, 6.07) is 12.4. The largest absolute Gasteiger partial charge is 0.348 e. The van der Waals surface area contributed by atoms with Crippen LogP contribution in [0, 0.1) is 20.8 Å². The summed E-state index contributed by atoms with van der Waals surface area (Å²) in [5, 5.41) is 8.98. The molecular weight excluding hydrogens is 350 g/mol. The van der Waals surface area contributed by atoms with E-state index < -0.39 is 0 Å². The predicted octanol–water partition coefficient (Wildman–Crippen LogP) is 4.48. The summed E-state index contributed by atoms with van der Waals surface area (Å²) in [5.41, 5.74) is 4.31. The van der Waals surface area contributed by atoms with Gasteiger partial charge in [-0.3, -0.25) is 4.79 Å². The van der Waals surface area contributed by atoms with Crippen molar-refractivity contribution < 1.29 is 4.79 Å². The van der Waals surface area contributed by atoms with Crippen molar-refractivity contribution in [3.05, 3.63) is 63.9 Å². The van der Waals surface area contributed by atoms with Crippen LogP contribution < -0.4 is 0 Å². The topological polar surface area (TPSA) is 47.8 Å². The van der Waals surface area contributed by atoms with E-state index in [4.69, 9.17) is 0 Å². The van der Waals surface area contributed by atoms with Crippen LogP contribution in [0.2, 0.25) is 0 Å². The molecule has 0 bridgehead atoms. The summed E-state index contributed by atoms with van der Waals surface area (Å²) < 4.78 is 3.09. The molecule has 0 radical (unpaired) electrons. The van der Waals surface area contributed by atoms with Gasteiger partial charge in [-0.2, -0.15) is 0 Å². The lowest BCUT2D eigenvalue weighted by Gasteiger charge is -2.10. The van der Waals surface area contributed by atoms with Crippen molar-refractivity contribution in [3.8, 4) is 0 Å². The molecule has 2 heterocycles. The Labute approximate surface area is 156 Å². The minimum atomic E-state index is 0.150. The fourth-order valence-corrected chi connectivity index (χ4v) is 4.55. The second kappa shape index (κ2) is 7.97. The lowest BCUT2D eigenvalue weighted by Crippen LogP contribution is -2.08. The van der Waals surface area contributed by atoms with Crippen LogP contribution in [0.1, 0.15) is 32.3 Å². The normalized spacial score (nSPS) is 11.0. The Bertz CT molecular complexity index is 868. The van der Waals surface area contributed by atoms with Gasteiger partial charge in [0.2, 0.25) is 0 Å². The molecule has 0 N–H and O–H groups in total. The molecule has 0 atom stereocenters. The van der Waals surface area contributed by atoms with Gasteiger partial charge in [0.1, 0.15) is 5.01 Å². The molecule has 6 heteroatoms. The molecule has 3 rings (SSSR count). The van der Waals surface area contributed by atoms with E-state index in [9.17, 15) is 4.79 Å². The van der Waals surface area contributed by atoms with Gasteiger partial charge in [0.15, 0.2) is 10.1 Å². The first-order valence-electron chi connectivity index (χ1n) is 8.21. The third-order valence-corrected chi connectivity index (χ3v) is 6.15. The van der Waals surface area contributed by atoms with Gasteiger partial charge in [-0.15, -0.1) is 10.2 Å². The Morgan fingerprint density at radius 3 is 2.60 bits per heavy atom. The molecule has 0 aliphatic carbocycles. The molecule has 0 aliphatic heterocycles. The van der Waals surface area contributed by atoms with Crippen LogP contribution >= 0.6 is 23.1 Å².